The lowest BCUT2D eigenvalue weighted by Gasteiger charge is -2.04. The summed E-state index contributed by atoms with van der Waals surface area (Å²) < 4.78 is 0. The summed E-state index contributed by atoms with van der Waals surface area (Å²) in [7, 11) is 0. The molecule has 3 nitrogen and oxygen atoms in total. The Bertz CT molecular complexity index is 453. The zero-order valence-electron chi connectivity index (χ0n) is 9.73. The maximum Gasteiger partial charge on any atom is 0.181 e. The summed E-state index contributed by atoms with van der Waals surface area (Å²) >= 11 is 0. The van der Waals surface area contributed by atoms with Crippen LogP contribution in [0, 0.1) is 5.92 Å². The Morgan fingerprint density at radius 3 is 2.12 bits per heavy atom. The molecule has 0 spiro atoms. The molecule has 0 heterocycles. The summed E-state index contributed by atoms with van der Waals surface area (Å²) in [4.78, 5) is 35.8. The van der Waals surface area contributed by atoms with Crippen LogP contribution in [0.5, 0.6) is 0 Å². The van der Waals surface area contributed by atoms with Gasteiger partial charge in [0, 0.05) is 17.5 Å². The second-order valence-electron chi connectivity index (χ2n) is 4.28. The third kappa shape index (κ3) is 1.93. The predicted octanol–water partition coefficient (Wildman–Crippen LogP) is 2.44. The first-order valence-corrected chi connectivity index (χ1v) is 5.87. The van der Waals surface area contributed by atoms with Crippen molar-refractivity contribution in [3.05, 3.63) is 35.4 Å². The number of carbonyl (C=O) groups is 3. The van der Waals surface area contributed by atoms with Gasteiger partial charge in [0.25, 0.3) is 0 Å². The van der Waals surface area contributed by atoms with Gasteiger partial charge >= 0.3 is 0 Å². The van der Waals surface area contributed by atoms with Crippen molar-refractivity contribution in [2.75, 3.05) is 0 Å². The fraction of sp³-hybridized carbons (Fsp3) is 0.357. The molecule has 2 rings (SSSR count). The highest BCUT2D eigenvalue weighted by Gasteiger charge is 2.42. The summed E-state index contributed by atoms with van der Waals surface area (Å²) in [6, 6.07) is 6.65. The minimum Gasteiger partial charge on any atom is -0.298 e. The number of carbonyl (C=O) groups excluding carboxylic acids is 3. The molecule has 1 aliphatic rings. The van der Waals surface area contributed by atoms with E-state index in [9.17, 15) is 14.4 Å². The minimum absolute atomic E-state index is 0.238. The van der Waals surface area contributed by atoms with Gasteiger partial charge in [0.05, 0.1) is 0 Å². The van der Waals surface area contributed by atoms with Crippen LogP contribution in [0.15, 0.2) is 24.3 Å². The van der Waals surface area contributed by atoms with Crippen LogP contribution in [0.25, 0.3) is 0 Å². The molecule has 88 valence electrons. The maximum atomic E-state index is 12.0. The van der Waals surface area contributed by atoms with Gasteiger partial charge in [-0.15, -0.1) is 0 Å². The summed E-state index contributed by atoms with van der Waals surface area (Å²) in [6.07, 6.45) is 1.92. The summed E-state index contributed by atoms with van der Waals surface area (Å²) in [5, 5.41) is 0. The quantitative estimate of drug-likeness (QED) is 0.746. The molecule has 1 aromatic carbocycles. The molecule has 0 bridgehead atoms. The lowest BCUT2D eigenvalue weighted by atomic mass is 9.95. The zero-order valence-corrected chi connectivity index (χ0v) is 9.73. The van der Waals surface area contributed by atoms with Gasteiger partial charge in [-0.25, -0.2) is 0 Å². The third-order valence-electron chi connectivity index (χ3n) is 3.08. The molecule has 17 heavy (non-hydrogen) atoms. The Kier molecular flexibility index (Phi) is 3.18. The van der Waals surface area contributed by atoms with Crippen LogP contribution >= 0.6 is 0 Å². The first kappa shape index (κ1) is 11.7. The number of Topliss-reactive ketones (excluding diaryl/α,β-unsaturated/α-hetero) is 3. The monoisotopic (exact) mass is 230 g/mol. The molecule has 3 heteroatoms. The van der Waals surface area contributed by atoms with E-state index in [-0.39, 0.29) is 17.3 Å². The summed E-state index contributed by atoms with van der Waals surface area (Å²) in [5.41, 5.74) is 0.791. The fourth-order valence-corrected chi connectivity index (χ4v) is 2.13. The standard InChI is InChI=1S/C14H14O3/c1-2-3-8-11(15)12-13(16)9-6-4-5-7-10(9)14(12)17/h4-7,12H,2-3,8H2,1H3. The highest BCUT2D eigenvalue weighted by Crippen LogP contribution is 2.28. The molecule has 0 N–H and O–H groups in total. The van der Waals surface area contributed by atoms with E-state index in [0.717, 1.165) is 12.8 Å². The molecule has 1 aromatic rings. The Morgan fingerprint density at radius 2 is 1.65 bits per heavy atom. The van der Waals surface area contributed by atoms with Crippen molar-refractivity contribution < 1.29 is 14.4 Å². The van der Waals surface area contributed by atoms with Gasteiger partial charge in [-0.2, -0.15) is 0 Å². The van der Waals surface area contributed by atoms with Gasteiger partial charge in [0.2, 0.25) is 0 Å². The Morgan fingerprint density at radius 1 is 1.12 bits per heavy atom. The molecule has 1 aliphatic carbocycles. The largest absolute Gasteiger partial charge is 0.298 e. The van der Waals surface area contributed by atoms with E-state index in [2.05, 4.69) is 0 Å². The van der Waals surface area contributed by atoms with Crippen LogP contribution in [0.4, 0.5) is 0 Å². The number of benzene rings is 1. The molecule has 0 unspecified atom stereocenters. The molecule has 0 fully saturated rings. The van der Waals surface area contributed by atoms with Crippen LogP contribution in [0.2, 0.25) is 0 Å². The summed E-state index contributed by atoms with van der Waals surface area (Å²) in [5.74, 6) is -1.96. The van der Waals surface area contributed by atoms with E-state index in [1.807, 2.05) is 6.92 Å². The normalized spacial score (nSPS) is 15.1. The van der Waals surface area contributed by atoms with Crippen molar-refractivity contribution in [2.45, 2.75) is 26.2 Å². The van der Waals surface area contributed by atoms with Gasteiger partial charge in [-0.1, -0.05) is 37.6 Å². The lowest BCUT2D eigenvalue weighted by Crippen LogP contribution is -2.25. The number of hydrogen-bond donors (Lipinski definition) is 0. The van der Waals surface area contributed by atoms with Crippen molar-refractivity contribution in [3.63, 3.8) is 0 Å². The number of ketones is 3. The van der Waals surface area contributed by atoms with Gasteiger partial charge < -0.3 is 0 Å². The topological polar surface area (TPSA) is 51.2 Å². The number of unbranched alkanes of at least 4 members (excludes halogenated alkanes) is 1. The highest BCUT2D eigenvalue weighted by molar-refractivity contribution is 6.35. The highest BCUT2D eigenvalue weighted by atomic mass is 16.2. The van der Waals surface area contributed by atoms with Crippen LogP contribution in [0.1, 0.15) is 46.9 Å². The van der Waals surface area contributed by atoms with Crippen LogP contribution in [0.3, 0.4) is 0 Å². The molecular weight excluding hydrogens is 216 g/mol. The van der Waals surface area contributed by atoms with Crippen LogP contribution in [-0.4, -0.2) is 17.3 Å². The van der Waals surface area contributed by atoms with E-state index in [0.29, 0.717) is 17.5 Å². The van der Waals surface area contributed by atoms with Crippen LogP contribution < -0.4 is 0 Å². The van der Waals surface area contributed by atoms with E-state index < -0.39 is 5.92 Å². The molecule has 0 radical (unpaired) electrons. The Balaban J connectivity index is 2.27. The minimum atomic E-state index is -1.07. The van der Waals surface area contributed by atoms with Crippen molar-refractivity contribution in [1.29, 1.82) is 0 Å². The zero-order chi connectivity index (χ0) is 12.4. The second-order valence-corrected chi connectivity index (χ2v) is 4.28. The van der Waals surface area contributed by atoms with E-state index in [1.165, 1.54) is 0 Å². The van der Waals surface area contributed by atoms with Gasteiger partial charge in [0.15, 0.2) is 17.3 Å². The van der Waals surface area contributed by atoms with Crippen molar-refractivity contribution >= 4 is 17.3 Å². The SMILES string of the molecule is CCCCC(=O)C1C(=O)c2ccccc2C1=O. The van der Waals surface area contributed by atoms with Crippen molar-refractivity contribution in [1.82, 2.24) is 0 Å². The molecule has 0 saturated carbocycles. The fourth-order valence-electron chi connectivity index (χ4n) is 2.13. The van der Waals surface area contributed by atoms with E-state index >= 15 is 0 Å². The first-order valence-electron chi connectivity index (χ1n) is 5.87. The molecule has 0 aliphatic heterocycles. The first-order chi connectivity index (χ1) is 8.16. The number of hydrogen-bond acceptors (Lipinski definition) is 3. The number of fused-ring (bicyclic) bond motifs is 1. The molecule has 0 aromatic heterocycles. The van der Waals surface area contributed by atoms with Gasteiger partial charge in [-0.3, -0.25) is 14.4 Å². The Labute approximate surface area is 99.8 Å². The van der Waals surface area contributed by atoms with Crippen LogP contribution in [-0.2, 0) is 4.79 Å². The van der Waals surface area contributed by atoms with E-state index in [4.69, 9.17) is 0 Å². The lowest BCUT2D eigenvalue weighted by molar-refractivity contribution is -0.120. The average molecular weight is 230 g/mol. The number of rotatable bonds is 4. The average Bonchev–Trinajstić information content (AvgIpc) is 2.60. The van der Waals surface area contributed by atoms with Gasteiger partial charge in [0.1, 0.15) is 5.92 Å². The van der Waals surface area contributed by atoms with E-state index in [1.54, 1.807) is 24.3 Å². The van der Waals surface area contributed by atoms with Gasteiger partial charge in [-0.05, 0) is 6.42 Å². The smallest absolute Gasteiger partial charge is 0.181 e. The van der Waals surface area contributed by atoms with Crippen molar-refractivity contribution in [3.8, 4) is 0 Å². The second kappa shape index (κ2) is 4.62. The maximum absolute atomic E-state index is 12.0. The van der Waals surface area contributed by atoms with Crippen molar-refractivity contribution in [2.24, 2.45) is 5.92 Å². The molecular formula is C14H14O3. The predicted molar refractivity (Wildman–Crippen MR) is 63.1 cm³/mol. The summed E-state index contributed by atoms with van der Waals surface area (Å²) in [6.45, 7) is 1.97. The third-order valence-corrected chi connectivity index (χ3v) is 3.08. The molecule has 0 saturated heterocycles. The molecule has 0 atom stereocenters. The Hall–Kier alpha value is -1.77. The molecule has 0 amide bonds.